The highest BCUT2D eigenvalue weighted by molar-refractivity contribution is 5.97. The Bertz CT molecular complexity index is 1590. The third-order valence-electron chi connectivity index (χ3n) is 9.81. The Kier molecular flexibility index (Phi) is 8.44. The highest BCUT2D eigenvalue weighted by atomic mass is 16.5. The minimum absolute atomic E-state index is 0.0406. The largest absolute Gasteiger partial charge is 0.379 e. The lowest BCUT2D eigenvalue weighted by molar-refractivity contribution is -0.126. The van der Waals surface area contributed by atoms with Crippen LogP contribution >= 0.6 is 0 Å². The third kappa shape index (κ3) is 5.90. The van der Waals surface area contributed by atoms with Crippen LogP contribution in [0.25, 0.3) is 10.8 Å². The van der Waals surface area contributed by atoms with Gasteiger partial charge in [0.25, 0.3) is 5.91 Å². The molecule has 10 nitrogen and oxygen atoms in total. The number of aromatic nitrogens is 1. The van der Waals surface area contributed by atoms with Crippen LogP contribution in [0.2, 0.25) is 0 Å². The number of hydrogen-bond acceptors (Lipinski definition) is 8. The predicted octanol–water partition coefficient (Wildman–Crippen LogP) is 2.77. The molecule has 10 heteroatoms. The van der Waals surface area contributed by atoms with Crippen molar-refractivity contribution in [1.29, 1.82) is 0 Å². The fraction of sp³-hybridized carbons (Fsp3) is 0.457. The molecule has 0 saturated carbocycles. The van der Waals surface area contributed by atoms with Gasteiger partial charge in [0.1, 0.15) is 5.69 Å². The smallest absolute Gasteiger partial charge is 0.270 e. The van der Waals surface area contributed by atoms with Crippen molar-refractivity contribution in [2.45, 2.75) is 32.0 Å². The minimum atomic E-state index is -0.175. The van der Waals surface area contributed by atoms with Gasteiger partial charge in [-0.15, -0.1) is 0 Å². The summed E-state index contributed by atoms with van der Waals surface area (Å²) in [6.07, 6.45) is 2.20. The van der Waals surface area contributed by atoms with Crippen LogP contribution in [0.15, 0.2) is 55.1 Å². The van der Waals surface area contributed by atoms with Crippen molar-refractivity contribution < 1.29 is 19.1 Å². The highest BCUT2D eigenvalue weighted by Crippen LogP contribution is 2.36. The second-order valence-corrected chi connectivity index (χ2v) is 12.4. The van der Waals surface area contributed by atoms with Crippen LogP contribution in [0.5, 0.6) is 0 Å². The van der Waals surface area contributed by atoms with Crippen molar-refractivity contribution in [2.75, 3.05) is 82.0 Å². The predicted molar refractivity (Wildman–Crippen MR) is 175 cm³/mol. The first-order chi connectivity index (χ1) is 22.0. The monoisotopic (exact) mass is 610 g/mol. The van der Waals surface area contributed by atoms with Crippen LogP contribution < -0.4 is 15.1 Å². The van der Waals surface area contributed by atoms with E-state index in [4.69, 9.17) is 14.5 Å². The zero-order valence-electron chi connectivity index (χ0n) is 26.0. The lowest BCUT2D eigenvalue weighted by Gasteiger charge is -2.39. The number of carbonyl (C=O) groups is 2. The van der Waals surface area contributed by atoms with Crippen LogP contribution in [0, 0.1) is 6.92 Å². The molecule has 236 valence electrons. The van der Waals surface area contributed by atoms with E-state index in [2.05, 4.69) is 69.9 Å². The Balaban J connectivity index is 1.19. The Labute approximate surface area is 264 Å². The summed E-state index contributed by atoms with van der Waals surface area (Å²) in [5.41, 5.74) is 6.05. The summed E-state index contributed by atoms with van der Waals surface area (Å²) in [6, 6.07) is 14.9. The number of fused-ring (bicyclic) bond motifs is 2. The Morgan fingerprint density at radius 3 is 2.49 bits per heavy atom. The summed E-state index contributed by atoms with van der Waals surface area (Å²) in [4.78, 5) is 40.2. The molecular weight excluding hydrogens is 568 g/mol. The number of piperazine rings is 1. The van der Waals surface area contributed by atoms with Crippen molar-refractivity contribution in [3.05, 3.63) is 77.6 Å². The molecule has 2 atom stereocenters. The summed E-state index contributed by atoms with van der Waals surface area (Å²) in [5, 5.41) is 5.76. The van der Waals surface area contributed by atoms with Crippen LogP contribution in [-0.2, 0) is 27.2 Å². The Morgan fingerprint density at radius 1 is 0.933 bits per heavy atom. The van der Waals surface area contributed by atoms with Gasteiger partial charge < -0.3 is 29.5 Å². The summed E-state index contributed by atoms with van der Waals surface area (Å²) >= 11 is 0. The number of carbonyl (C=O) groups excluding carboxylic acids is 2. The number of ether oxygens (including phenoxy) is 2. The third-order valence-corrected chi connectivity index (χ3v) is 9.81. The number of morpholine rings is 1. The van der Waals surface area contributed by atoms with Crippen LogP contribution in [-0.4, -0.2) is 111 Å². The Hall–Kier alpha value is -3.99. The second-order valence-electron chi connectivity index (χ2n) is 12.4. The molecule has 0 unspecified atom stereocenters. The van der Waals surface area contributed by atoms with Gasteiger partial charge in [-0.25, -0.2) is 4.98 Å². The summed E-state index contributed by atoms with van der Waals surface area (Å²) in [5.74, 6) is -0.215. The molecule has 4 aliphatic rings. The maximum Gasteiger partial charge on any atom is 0.270 e. The van der Waals surface area contributed by atoms with Crippen LogP contribution in [0.3, 0.4) is 0 Å². The van der Waals surface area contributed by atoms with Gasteiger partial charge in [0.15, 0.2) is 0 Å². The standard InChI is InChI=1S/C35H42N6O4/c1-3-33(42)40-14-12-38(13-15-40)31-20-27(35(43)37-29-22-45-23-32(29)39-16-18-44-19-17-39)36-28-21-41(11-10-26(28)31)30-9-5-8-25-7-4-6-24(2)34(25)30/h3-9,20,29,32H,1,10-19,21-23H2,2H3,(H,37,43)/t29-,32+/m1/s1. The fourth-order valence-electron chi connectivity index (χ4n) is 7.38. The number of rotatable bonds is 6. The van der Waals surface area contributed by atoms with Gasteiger partial charge in [0.2, 0.25) is 5.91 Å². The van der Waals surface area contributed by atoms with E-state index in [1.54, 1.807) is 0 Å². The molecule has 1 N–H and O–H groups in total. The van der Waals surface area contributed by atoms with Gasteiger partial charge in [0, 0.05) is 68.1 Å². The van der Waals surface area contributed by atoms with E-state index >= 15 is 0 Å². The molecular formula is C35H42N6O4. The van der Waals surface area contributed by atoms with Crippen molar-refractivity contribution in [3.63, 3.8) is 0 Å². The van der Waals surface area contributed by atoms with Gasteiger partial charge >= 0.3 is 0 Å². The maximum atomic E-state index is 13.9. The lowest BCUT2D eigenvalue weighted by atomic mass is 9.97. The van der Waals surface area contributed by atoms with E-state index in [9.17, 15) is 9.59 Å². The topological polar surface area (TPSA) is 90.5 Å². The summed E-state index contributed by atoms with van der Waals surface area (Å²) in [6.45, 7) is 14.1. The van der Waals surface area contributed by atoms with E-state index in [0.29, 0.717) is 64.8 Å². The number of benzene rings is 2. The number of nitrogens with one attached hydrogen (secondary N) is 1. The zero-order chi connectivity index (χ0) is 30.9. The minimum Gasteiger partial charge on any atom is -0.379 e. The molecule has 4 aliphatic heterocycles. The molecule has 3 saturated heterocycles. The van der Waals surface area contributed by atoms with Crippen molar-refractivity contribution in [2.24, 2.45) is 0 Å². The number of anilines is 2. The highest BCUT2D eigenvalue weighted by Gasteiger charge is 2.36. The van der Waals surface area contributed by atoms with Crippen molar-refractivity contribution in [3.8, 4) is 0 Å². The summed E-state index contributed by atoms with van der Waals surface area (Å²) in [7, 11) is 0. The molecule has 3 aromatic rings. The zero-order valence-corrected chi connectivity index (χ0v) is 26.0. The van der Waals surface area contributed by atoms with E-state index < -0.39 is 0 Å². The number of hydrogen-bond donors (Lipinski definition) is 1. The number of amides is 2. The molecule has 5 heterocycles. The van der Waals surface area contributed by atoms with E-state index in [1.807, 2.05) is 11.0 Å². The maximum absolute atomic E-state index is 13.9. The van der Waals surface area contributed by atoms with Gasteiger partial charge in [0.05, 0.1) is 50.7 Å². The summed E-state index contributed by atoms with van der Waals surface area (Å²) < 4.78 is 11.4. The molecule has 0 aliphatic carbocycles. The van der Waals surface area contributed by atoms with Crippen molar-refractivity contribution in [1.82, 2.24) is 20.1 Å². The molecule has 45 heavy (non-hydrogen) atoms. The quantitative estimate of drug-likeness (QED) is 0.427. The fourth-order valence-corrected chi connectivity index (χ4v) is 7.38. The Morgan fingerprint density at radius 2 is 1.71 bits per heavy atom. The van der Waals surface area contributed by atoms with Gasteiger partial charge in [-0.3, -0.25) is 14.5 Å². The second kappa shape index (κ2) is 12.8. The first kappa shape index (κ1) is 29.7. The van der Waals surface area contributed by atoms with Crippen LogP contribution in [0.4, 0.5) is 11.4 Å². The van der Waals surface area contributed by atoms with E-state index in [-0.39, 0.29) is 23.9 Å². The molecule has 3 fully saturated rings. The number of nitrogens with zero attached hydrogens (tertiary/aromatic N) is 5. The first-order valence-corrected chi connectivity index (χ1v) is 16.1. The van der Waals surface area contributed by atoms with Crippen molar-refractivity contribution >= 4 is 34.0 Å². The number of aryl methyl sites for hydroxylation is 1. The molecule has 2 amide bonds. The van der Waals surface area contributed by atoms with Gasteiger partial charge in [-0.05, 0) is 42.5 Å². The molecule has 0 bridgehead atoms. The molecule has 7 rings (SSSR count). The SMILES string of the molecule is C=CC(=O)N1CCN(c2cc(C(=O)N[C@@H]3COC[C@@H]3N3CCOCC3)nc3c2CCN(c2cccc4cccc(C)c24)C3)CC1. The molecule has 2 aromatic carbocycles. The molecule has 0 radical (unpaired) electrons. The van der Waals surface area contributed by atoms with Gasteiger partial charge in [-0.1, -0.05) is 36.9 Å². The van der Waals surface area contributed by atoms with Crippen LogP contribution in [0.1, 0.15) is 27.3 Å². The average molecular weight is 611 g/mol. The van der Waals surface area contributed by atoms with E-state index in [1.165, 1.54) is 33.7 Å². The number of pyridine rings is 1. The normalized spacial score (nSPS) is 22.4. The average Bonchev–Trinajstić information content (AvgIpc) is 3.55. The molecule has 0 spiro atoms. The molecule has 1 aromatic heterocycles. The van der Waals surface area contributed by atoms with Gasteiger partial charge in [-0.2, -0.15) is 0 Å². The first-order valence-electron chi connectivity index (χ1n) is 16.1. The van der Waals surface area contributed by atoms with E-state index in [0.717, 1.165) is 37.4 Å². The lowest BCUT2D eigenvalue weighted by Crippen LogP contribution is -2.54.